The molecule has 0 heterocycles. The van der Waals surface area contributed by atoms with E-state index in [2.05, 4.69) is 0 Å². The fourth-order valence-electron chi connectivity index (χ4n) is 1.12. The van der Waals surface area contributed by atoms with E-state index in [4.69, 9.17) is 0 Å². The first-order valence-electron chi connectivity index (χ1n) is 4.42. The van der Waals surface area contributed by atoms with Gasteiger partial charge in [0.1, 0.15) is 0 Å². The Bertz CT molecular complexity index is 379. The molecule has 0 spiro atoms. The Kier molecular flexibility index (Phi) is 4.23. The average Bonchev–Trinajstić information content (AvgIpc) is 2.24. The molecule has 6 heteroatoms. The number of hydrogen-bond donors (Lipinski definition) is 1. The summed E-state index contributed by atoms with van der Waals surface area (Å²) < 4.78 is 35.8. The Morgan fingerprint density at radius 1 is 1.38 bits per heavy atom. The smallest absolute Gasteiger partial charge is 0.344 e. The first-order valence-corrected chi connectivity index (χ1v) is 5.64. The van der Waals surface area contributed by atoms with Gasteiger partial charge in [-0.25, -0.2) is 0 Å². The predicted molar refractivity (Wildman–Crippen MR) is 56.1 cm³/mol. The molecule has 0 aliphatic rings. The summed E-state index contributed by atoms with van der Waals surface area (Å²) in [6.07, 6.45) is -3.00. The van der Waals surface area contributed by atoms with Crippen molar-refractivity contribution in [1.82, 2.24) is 5.32 Å². The van der Waals surface area contributed by atoms with Gasteiger partial charge in [0.15, 0.2) is 0 Å². The number of nitrogens with one attached hydrogen (secondary N) is 1. The van der Waals surface area contributed by atoms with Gasteiger partial charge >= 0.3 is 12.1 Å². The Hall–Kier alpha value is -1.17. The van der Waals surface area contributed by atoms with E-state index in [9.17, 15) is 18.0 Å². The number of rotatable bonds is 3. The number of amides is 1. The predicted octanol–water partition coefficient (Wildman–Crippen LogP) is 2.59. The highest BCUT2D eigenvalue weighted by Gasteiger charge is 2.38. The van der Waals surface area contributed by atoms with Gasteiger partial charge < -0.3 is 5.32 Å². The van der Waals surface area contributed by atoms with Crippen LogP contribution >= 0.6 is 11.8 Å². The lowest BCUT2D eigenvalue weighted by atomic mass is 10.2. The summed E-state index contributed by atoms with van der Waals surface area (Å²) >= 11 is 1.42. The van der Waals surface area contributed by atoms with Crippen molar-refractivity contribution in [1.29, 1.82) is 0 Å². The van der Waals surface area contributed by atoms with Crippen molar-refractivity contribution >= 4 is 17.7 Å². The zero-order valence-corrected chi connectivity index (χ0v) is 9.28. The molecule has 0 aromatic heterocycles. The molecule has 0 unspecified atom stereocenters. The van der Waals surface area contributed by atoms with Crippen LogP contribution in [0, 0.1) is 0 Å². The van der Waals surface area contributed by atoms with E-state index in [1.165, 1.54) is 11.8 Å². The molecule has 0 radical (unpaired) electrons. The number of hydrogen-bond acceptors (Lipinski definition) is 2. The second kappa shape index (κ2) is 5.25. The van der Waals surface area contributed by atoms with E-state index in [1.54, 1.807) is 24.3 Å². The highest BCUT2D eigenvalue weighted by molar-refractivity contribution is 7.98. The van der Waals surface area contributed by atoms with E-state index in [1.807, 2.05) is 11.6 Å². The number of halogens is 3. The standard InChI is InChI=1S/C10H10F3NOS/c1-16-8-5-3-2-4-7(8)6-14-9(15)10(11,12)13/h2-5H,6H2,1H3,(H,14,15). The van der Waals surface area contributed by atoms with Crippen LogP contribution in [0.3, 0.4) is 0 Å². The summed E-state index contributed by atoms with van der Waals surface area (Å²) in [7, 11) is 0. The fraction of sp³-hybridized carbons (Fsp3) is 0.300. The lowest BCUT2D eigenvalue weighted by Crippen LogP contribution is -2.36. The van der Waals surface area contributed by atoms with Crippen LogP contribution in [0.15, 0.2) is 29.2 Å². The molecule has 1 amide bonds. The van der Waals surface area contributed by atoms with Crippen molar-refractivity contribution in [3.8, 4) is 0 Å². The highest BCUT2D eigenvalue weighted by atomic mass is 32.2. The lowest BCUT2D eigenvalue weighted by Gasteiger charge is -2.10. The molecule has 0 aliphatic heterocycles. The summed E-state index contributed by atoms with van der Waals surface area (Å²) in [6.45, 7) is -0.116. The van der Waals surface area contributed by atoms with Gasteiger partial charge in [0.25, 0.3) is 0 Å². The van der Waals surface area contributed by atoms with Crippen LogP contribution in [0.4, 0.5) is 13.2 Å². The molecular weight excluding hydrogens is 239 g/mol. The number of benzene rings is 1. The van der Waals surface area contributed by atoms with Crippen molar-refractivity contribution in [2.24, 2.45) is 0 Å². The minimum absolute atomic E-state index is 0.116. The Morgan fingerprint density at radius 3 is 2.56 bits per heavy atom. The fourth-order valence-corrected chi connectivity index (χ4v) is 1.74. The second-order valence-electron chi connectivity index (χ2n) is 2.99. The van der Waals surface area contributed by atoms with Gasteiger partial charge in [-0.3, -0.25) is 4.79 Å². The maximum absolute atomic E-state index is 11.9. The highest BCUT2D eigenvalue weighted by Crippen LogP contribution is 2.20. The molecule has 1 N–H and O–H groups in total. The summed E-state index contributed by atoms with van der Waals surface area (Å²) in [6, 6.07) is 6.98. The summed E-state index contributed by atoms with van der Waals surface area (Å²) in [5, 5.41) is 1.84. The number of thioether (sulfide) groups is 1. The van der Waals surface area contributed by atoms with Gasteiger partial charge in [0.2, 0.25) is 0 Å². The molecule has 16 heavy (non-hydrogen) atoms. The van der Waals surface area contributed by atoms with Crippen molar-refractivity contribution < 1.29 is 18.0 Å². The van der Waals surface area contributed by atoms with Gasteiger partial charge in [0, 0.05) is 11.4 Å². The normalized spacial score (nSPS) is 11.2. The molecule has 0 saturated carbocycles. The summed E-state index contributed by atoms with van der Waals surface area (Å²) in [5.74, 6) is -1.91. The molecule has 1 aromatic carbocycles. The van der Waals surface area contributed by atoms with Crippen molar-refractivity contribution in [3.05, 3.63) is 29.8 Å². The molecule has 0 bridgehead atoms. The molecule has 1 aromatic rings. The van der Waals surface area contributed by atoms with Gasteiger partial charge in [-0.05, 0) is 17.9 Å². The minimum Gasteiger partial charge on any atom is -0.344 e. The van der Waals surface area contributed by atoms with Gasteiger partial charge in [-0.2, -0.15) is 13.2 Å². The first-order chi connectivity index (χ1) is 7.45. The average molecular weight is 249 g/mol. The number of carbonyl (C=O) groups excluding carboxylic acids is 1. The van der Waals surface area contributed by atoms with Crippen LogP contribution in [0.1, 0.15) is 5.56 Å². The SMILES string of the molecule is CSc1ccccc1CNC(=O)C(F)(F)F. The first kappa shape index (κ1) is 12.9. The molecule has 0 atom stereocenters. The van der Waals surface area contributed by atoms with Gasteiger partial charge in [-0.1, -0.05) is 18.2 Å². The number of alkyl halides is 3. The monoisotopic (exact) mass is 249 g/mol. The molecule has 0 fully saturated rings. The van der Waals surface area contributed by atoms with Crippen LogP contribution in [-0.2, 0) is 11.3 Å². The second-order valence-corrected chi connectivity index (χ2v) is 3.84. The third-order valence-electron chi connectivity index (χ3n) is 1.89. The van der Waals surface area contributed by atoms with Crippen molar-refractivity contribution in [2.75, 3.05) is 6.26 Å². The minimum atomic E-state index is -4.83. The van der Waals surface area contributed by atoms with E-state index >= 15 is 0 Å². The zero-order valence-electron chi connectivity index (χ0n) is 8.47. The van der Waals surface area contributed by atoms with E-state index in [0.29, 0.717) is 5.56 Å². The third-order valence-corrected chi connectivity index (χ3v) is 2.73. The molecule has 1 rings (SSSR count). The Balaban J connectivity index is 2.65. The molecule has 2 nitrogen and oxygen atoms in total. The van der Waals surface area contributed by atoms with E-state index in [-0.39, 0.29) is 6.54 Å². The Morgan fingerprint density at radius 2 is 2.00 bits per heavy atom. The van der Waals surface area contributed by atoms with Gasteiger partial charge in [-0.15, -0.1) is 11.8 Å². The third kappa shape index (κ3) is 3.44. The molecule has 0 aliphatic carbocycles. The van der Waals surface area contributed by atoms with Gasteiger partial charge in [0.05, 0.1) is 0 Å². The largest absolute Gasteiger partial charge is 0.471 e. The van der Waals surface area contributed by atoms with Crippen LogP contribution in [0.25, 0.3) is 0 Å². The molecule has 88 valence electrons. The molecular formula is C10H10F3NOS. The lowest BCUT2D eigenvalue weighted by molar-refractivity contribution is -0.173. The summed E-state index contributed by atoms with van der Waals surface area (Å²) in [5.41, 5.74) is 0.674. The molecule has 0 saturated heterocycles. The zero-order chi connectivity index (χ0) is 12.2. The van der Waals surface area contributed by atoms with Crippen molar-refractivity contribution in [3.63, 3.8) is 0 Å². The van der Waals surface area contributed by atoms with Crippen LogP contribution in [0.5, 0.6) is 0 Å². The van der Waals surface area contributed by atoms with E-state index in [0.717, 1.165) is 4.90 Å². The number of carbonyl (C=O) groups is 1. The maximum atomic E-state index is 11.9. The topological polar surface area (TPSA) is 29.1 Å². The van der Waals surface area contributed by atoms with Crippen LogP contribution in [0.2, 0.25) is 0 Å². The van der Waals surface area contributed by atoms with E-state index < -0.39 is 12.1 Å². The van der Waals surface area contributed by atoms with Crippen molar-refractivity contribution in [2.45, 2.75) is 17.6 Å². The quantitative estimate of drug-likeness (QED) is 0.834. The summed E-state index contributed by atoms with van der Waals surface area (Å²) in [4.78, 5) is 11.4. The van der Waals surface area contributed by atoms with Crippen LogP contribution < -0.4 is 5.32 Å². The maximum Gasteiger partial charge on any atom is 0.471 e. The Labute approximate surface area is 95.2 Å². The van der Waals surface area contributed by atoms with Crippen LogP contribution in [-0.4, -0.2) is 18.3 Å².